The van der Waals surface area contributed by atoms with E-state index in [0.717, 1.165) is 17.7 Å². The molecular weight excluding hydrogens is 409 g/mol. The third kappa shape index (κ3) is 4.29. The van der Waals surface area contributed by atoms with Crippen LogP contribution in [0.5, 0.6) is 0 Å². The minimum atomic E-state index is -4.37. The molecule has 1 N–H and O–H groups in total. The zero-order valence-electron chi connectivity index (χ0n) is 15.7. The van der Waals surface area contributed by atoms with Gasteiger partial charge in [-0.15, -0.1) is 0 Å². The molecule has 0 bridgehead atoms. The molecule has 6 nitrogen and oxygen atoms in total. The van der Waals surface area contributed by atoms with Crippen molar-refractivity contribution in [2.75, 3.05) is 37.7 Å². The van der Waals surface area contributed by atoms with Gasteiger partial charge in [-0.05, 0) is 30.0 Å². The van der Waals surface area contributed by atoms with Gasteiger partial charge in [0.1, 0.15) is 0 Å². The number of piperazine rings is 1. The van der Waals surface area contributed by atoms with Gasteiger partial charge in [0.2, 0.25) is 5.91 Å². The van der Waals surface area contributed by atoms with E-state index in [4.69, 9.17) is 0 Å². The normalized spacial score (nSPS) is 32.3. The fourth-order valence-electron chi connectivity index (χ4n) is 4.42. The molecule has 1 aromatic carbocycles. The highest BCUT2D eigenvalue weighted by Gasteiger charge is 2.47. The van der Waals surface area contributed by atoms with Gasteiger partial charge in [0.05, 0.1) is 29.2 Å². The zero-order valence-corrected chi connectivity index (χ0v) is 16.5. The molecule has 4 atom stereocenters. The van der Waals surface area contributed by atoms with Crippen molar-refractivity contribution in [3.63, 3.8) is 0 Å². The molecule has 2 heterocycles. The van der Waals surface area contributed by atoms with Crippen LogP contribution in [-0.2, 0) is 20.8 Å². The summed E-state index contributed by atoms with van der Waals surface area (Å²) >= 11 is 0. The van der Waals surface area contributed by atoms with Crippen molar-refractivity contribution in [2.24, 2.45) is 5.92 Å². The van der Waals surface area contributed by atoms with Crippen molar-refractivity contribution in [1.82, 2.24) is 9.80 Å². The lowest BCUT2D eigenvalue weighted by atomic mass is 10.1. The summed E-state index contributed by atoms with van der Waals surface area (Å²) in [6, 6.07) is 4.57. The second-order valence-electron chi connectivity index (χ2n) is 8.14. The molecule has 4 rings (SSSR count). The highest BCUT2D eigenvalue weighted by molar-refractivity contribution is 7.91. The van der Waals surface area contributed by atoms with Crippen LogP contribution >= 0.6 is 0 Å². The van der Waals surface area contributed by atoms with Crippen LogP contribution in [0.4, 0.5) is 13.2 Å². The molecule has 2 aliphatic heterocycles. The summed E-state index contributed by atoms with van der Waals surface area (Å²) in [5.74, 6) is -0.538. The summed E-state index contributed by atoms with van der Waals surface area (Å²) < 4.78 is 61.4. The van der Waals surface area contributed by atoms with E-state index >= 15 is 0 Å². The Hall–Kier alpha value is -1.65. The number of rotatable bonds is 3. The SMILES string of the molecule is O=C([C@@H]1C[C@@H]1c1ccc(C(F)(F)F)cc1)N1CCN([C@@H]2CS(=O)(=O)C[C@@H]2O)CC1. The molecule has 1 amide bonds. The van der Waals surface area contributed by atoms with Gasteiger partial charge in [-0.25, -0.2) is 8.42 Å². The van der Waals surface area contributed by atoms with Gasteiger partial charge in [0.15, 0.2) is 9.84 Å². The fraction of sp³-hybridized carbons (Fsp3) is 0.632. The van der Waals surface area contributed by atoms with E-state index in [2.05, 4.69) is 0 Å². The molecular formula is C19H23F3N2O4S. The van der Waals surface area contributed by atoms with E-state index in [1.54, 1.807) is 4.90 Å². The van der Waals surface area contributed by atoms with Crippen molar-refractivity contribution in [2.45, 2.75) is 30.7 Å². The van der Waals surface area contributed by atoms with E-state index in [9.17, 15) is 31.5 Å². The summed E-state index contributed by atoms with van der Waals surface area (Å²) in [6.45, 7) is 1.91. The van der Waals surface area contributed by atoms with Crippen LogP contribution in [0.3, 0.4) is 0 Å². The van der Waals surface area contributed by atoms with Crippen LogP contribution < -0.4 is 0 Å². The minimum Gasteiger partial charge on any atom is -0.390 e. The number of amides is 1. The van der Waals surface area contributed by atoms with Crippen molar-refractivity contribution in [3.05, 3.63) is 35.4 Å². The molecule has 10 heteroatoms. The highest BCUT2D eigenvalue weighted by atomic mass is 32.2. The Bertz CT molecular complexity index is 880. The number of aliphatic hydroxyl groups is 1. The Morgan fingerprint density at radius 2 is 1.66 bits per heavy atom. The maximum Gasteiger partial charge on any atom is 0.416 e. The first-order valence-corrected chi connectivity index (χ1v) is 11.5. The number of halogens is 3. The first-order valence-electron chi connectivity index (χ1n) is 9.64. The minimum absolute atomic E-state index is 0.00543. The van der Waals surface area contributed by atoms with Gasteiger partial charge in [0.25, 0.3) is 0 Å². The first kappa shape index (κ1) is 20.6. The molecule has 2 saturated heterocycles. The van der Waals surface area contributed by atoms with Gasteiger partial charge < -0.3 is 10.0 Å². The lowest BCUT2D eigenvalue weighted by Gasteiger charge is -2.38. The number of alkyl halides is 3. The number of hydrogen-bond donors (Lipinski definition) is 1. The summed E-state index contributed by atoms with van der Waals surface area (Å²) in [5, 5.41) is 10.0. The van der Waals surface area contributed by atoms with Crippen molar-refractivity contribution >= 4 is 15.7 Å². The van der Waals surface area contributed by atoms with Crippen LogP contribution in [0, 0.1) is 5.92 Å². The molecule has 1 saturated carbocycles. The van der Waals surface area contributed by atoms with Gasteiger partial charge in [-0.1, -0.05) is 12.1 Å². The Balaban J connectivity index is 1.31. The summed E-state index contributed by atoms with van der Waals surface area (Å²) in [5.41, 5.74) is 0.0475. The topological polar surface area (TPSA) is 77.9 Å². The lowest BCUT2D eigenvalue weighted by molar-refractivity contribution is -0.137. The average Bonchev–Trinajstić information content (AvgIpc) is 3.40. The van der Waals surface area contributed by atoms with Crippen LogP contribution in [0.1, 0.15) is 23.5 Å². The maximum atomic E-state index is 12.7. The number of carbonyl (C=O) groups is 1. The predicted octanol–water partition coefficient (Wildman–Crippen LogP) is 1.11. The Kier molecular flexibility index (Phi) is 5.15. The predicted molar refractivity (Wildman–Crippen MR) is 98.9 cm³/mol. The number of benzene rings is 1. The van der Waals surface area contributed by atoms with E-state index in [-0.39, 0.29) is 29.2 Å². The zero-order chi connectivity index (χ0) is 21.0. The van der Waals surface area contributed by atoms with Gasteiger partial charge in [-0.3, -0.25) is 9.69 Å². The molecule has 29 heavy (non-hydrogen) atoms. The molecule has 0 aromatic heterocycles. The second-order valence-corrected chi connectivity index (χ2v) is 10.3. The van der Waals surface area contributed by atoms with Crippen LogP contribution in [0.2, 0.25) is 0 Å². The largest absolute Gasteiger partial charge is 0.416 e. The van der Waals surface area contributed by atoms with Gasteiger partial charge in [0, 0.05) is 32.1 Å². The highest BCUT2D eigenvalue weighted by Crippen LogP contribution is 2.49. The number of carbonyl (C=O) groups excluding carboxylic acids is 1. The Morgan fingerprint density at radius 3 is 2.17 bits per heavy atom. The second kappa shape index (κ2) is 7.24. The number of sulfone groups is 1. The van der Waals surface area contributed by atoms with Crippen molar-refractivity contribution in [3.8, 4) is 0 Å². The molecule has 160 valence electrons. The van der Waals surface area contributed by atoms with Gasteiger partial charge >= 0.3 is 6.18 Å². The Labute approximate surface area is 167 Å². The molecule has 0 radical (unpaired) electrons. The number of aliphatic hydroxyl groups excluding tert-OH is 1. The Morgan fingerprint density at radius 1 is 1.03 bits per heavy atom. The van der Waals surface area contributed by atoms with E-state index in [1.165, 1.54) is 12.1 Å². The molecule has 0 unspecified atom stereocenters. The molecule has 1 aromatic rings. The third-order valence-corrected chi connectivity index (χ3v) is 7.86. The molecule has 1 aliphatic carbocycles. The number of nitrogens with zero attached hydrogens (tertiary/aromatic N) is 2. The summed E-state index contributed by atoms with van der Waals surface area (Å²) in [4.78, 5) is 16.4. The standard InChI is InChI=1S/C19H23F3N2O4S/c20-19(21,22)13-3-1-12(2-4-13)14-9-15(14)18(26)24-7-5-23(6-8-24)16-10-29(27,28)11-17(16)25/h1-4,14-17,25H,5-11H2/t14-,15-,16-,17+/m1/s1. The van der Waals surface area contributed by atoms with Crippen molar-refractivity contribution < 1.29 is 31.5 Å². The average molecular weight is 432 g/mol. The van der Waals surface area contributed by atoms with Gasteiger partial charge in [-0.2, -0.15) is 13.2 Å². The van der Waals surface area contributed by atoms with E-state index < -0.39 is 33.7 Å². The smallest absolute Gasteiger partial charge is 0.390 e. The maximum absolute atomic E-state index is 12.7. The summed E-state index contributed by atoms with van der Waals surface area (Å²) in [6.07, 6.45) is -4.64. The first-order chi connectivity index (χ1) is 13.5. The van der Waals surface area contributed by atoms with E-state index in [1.807, 2.05) is 4.90 Å². The van der Waals surface area contributed by atoms with Crippen LogP contribution in [0.25, 0.3) is 0 Å². The monoisotopic (exact) mass is 432 g/mol. The molecule has 0 spiro atoms. The lowest BCUT2D eigenvalue weighted by Crippen LogP contribution is -2.55. The quantitative estimate of drug-likeness (QED) is 0.775. The van der Waals surface area contributed by atoms with Crippen LogP contribution in [0.15, 0.2) is 24.3 Å². The summed E-state index contributed by atoms with van der Waals surface area (Å²) in [7, 11) is -3.22. The van der Waals surface area contributed by atoms with Crippen LogP contribution in [-0.4, -0.2) is 79.1 Å². The van der Waals surface area contributed by atoms with Crippen molar-refractivity contribution in [1.29, 1.82) is 0 Å². The number of hydrogen-bond acceptors (Lipinski definition) is 5. The third-order valence-electron chi connectivity index (χ3n) is 6.16. The molecule has 3 fully saturated rings. The molecule has 3 aliphatic rings. The van der Waals surface area contributed by atoms with E-state index in [0.29, 0.717) is 32.6 Å². The fourth-order valence-corrected chi connectivity index (χ4v) is 6.26.